The van der Waals surface area contributed by atoms with Gasteiger partial charge in [-0.3, -0.25) is 9.59 Å². The fourth-order valence-corrected chi connectivity index (χ4v) is 5.95. The number of furan rings is 1. The molecule has 4 rings (SSSR count). The number of hydrogen-bond donors (Lipinski definition) is 1. The van der Waals surface area contributed by atoms with Gasteiger partial charge in [-0.1, -0.05) is 18.6 Å². The van der Waals surface area contributed by atoms with Gasteiger partial charge in [-0.25, -0.2) is 8.42 Å². The first-order chi connectivity index (χ1) is 15.5. The molecule has 0 radical (unpaired) electrons. The summed E-state index contributed by atoms with van der Waals surface area (Å²) >= 11 is 0. The Hall–Kier alpha value is -2.65. The summed E-state index contributed by atoms with van der Waals surface area (Å²) in [5.74, 6) is -0.307. The fraction of sp³-hybridized carbons (Fsp3) is 0.478. The van der Waals surface area contributed by atoms with Gasteiger partial charge in [0.15, 0.2) is 5.76 Å². The van der Waals surface area contributed by atoms with E-state index in [9.17, 15) is 18.0 Å². The van der Waals surface area contributed by atoms with Crippen molar-refractivity contribution in [1.29, 1.82) is 0 Å². The maximum Gasteiger partial charge on any atom is 0.290 e. The Bertz CT molecular complexity index is 1050. The number of likely N-dealkylation sites (tertiary alicyclic amines) is 1. The lowest BCUT2D eigenvalue weighted by atomic mass is 10.0. The number of hydrogen-bond acceptors (Lipinski definition) is 5. The van der Waals surface area contributed by atoms with E-state index in [-0.39, 0.29) is 29.0 Å². The lowest BCUT2D eigenvalue weighted by molar-refractivity contribution is -0.126. The highest BCUT2D eigenvalue weighted by Gasteiger charge is 2.33. The summed E-state index contributed by atoms with van der Waals surface area (Å²) < 4.78 is 32.6. The van der Waals surface area contributed by atoms with Gasteiger partial charge in [0.05, 0.1) is 11.2 Å². The lowest BCUT2D eigenvalue weighted by Crippen LogP contribution is -2.51. The topological polar surface area (TPSA) is 99.9 Å². The number of sulfonamides is 1. The Morgan fingerprint density at radius 2 is 1.78 bits per heavy atom. The molecule has 2 saturated heterocycles. The molecule has 2 aromatic rings. The summed E-state index contributed by atoms with van der Waals surface area (Å²) in [5.41, 5.74) is 0.705. The number of rotatable bonds is 6. The Balaban J connectivity index is 1.42. The minimum Gasteiger partial charge on any atom is -0.459 e. The minimum absolute atomic E-state index is 0.196. The van der Waals surface area contributed by atoms with Crippen LogP contribution in [0.5, 0.6) is 0 Å². The molecule has 0 aliphatic carbocycles. The van der Waals surface area contributed by atoms with E-state index in [0.29, 0.717) is 31.6 Å². The monoisotopic (exact) mass is 459 g/mol. The van der Waals surface area contributed by atoms with Crippen LogP contribution < -0.4 is 5.32 Å². The second-order valence-electron chi connectivity index (χ2n) is 8.32. The van der Waals surface area contributed by atoms with E-state index in [1.807, 2.05) is 0 Å². The van der Waals surface area contributed by atoms with Crippen molar-refractivity contribution in [2.75, 3.05) is 19.6 Å². The predicted molar refractivity (Wildman–Crippen MR) is 118 cm³/mol. The number of benzene rings is 1. The molecule has 9 heteroatoms. The molecule has 32 heavy (non-hydrogen) atoms. The Morgan fingerprint density at radius 1 is 1.00 bits per heavy atom. The van der Waals surface area contributed by atoms with Crippen LogP contribution in [0.1, 0.15) is 54.6 Å². The highest BCUT2D eigenvalue weighted by atomic mass is 32.2. The van der Waals surface area contributed by atoms with Gasteiger partial charge < -0.3 is 14.6 Å². The standard InChI is InChI=1S/C23H29N3O5S/c27-22(20-10-2-5-14-26(20)23(28)21-11-7-15-31-21)24-17-18-8-6-9-19(16-18)32(29,30)25-12-3-1-4-13-25/h6-9,11,15-16,20H,1-5,10,12-14,17H2,(H,24,27). The van der Waals surface area contributed by atoms with E-state index >= 15 is 0 Å². The van der Waals surface area contributed by atoms with E-state index in [2.05, 4.69) is 5.32 Å². The molecule has 1 aromatic heterocycles. The van der Waals surface area contributed by atoms with Gasteiger partial charge in [-0.15, -0.1) is 0 Å². The van der Waals surface area contributed by atoms with Gasteiger partial charge in [-0.2, -0.15) is 4.31 Å². The van der Waals surface area contributed by atoms with Crippen molar-refractivity contribution in [1.82, 2.24) is 14.5 Å². The first kappa shape index (κ1) is 22.5. The third kappa shape index (κ3) is 4.88. The van der Waals surface area contributed by atoms with Gasteiger partial charge in [0.25, 0.3) is 5.91 Å². The molecule has 1 N–H and O–H groups in total. The Kier molecular flexibility index (Phi) is 6.95. The molecule has 2 aliphatic rings. The largest absolute Gasteiger partial charge is 0.459 e. The molecule has 2 aliphatic heterocycles. The van der Waals surface area contributed by atoms with Crippen molar-refractivity contribution in [3.05, 3.63) is 54.0 Å². The summed E-state index contributed by atoms with van der Waals surface area (Å²) in [4.78, 5) is 27.5. The molecular weight excluding hydrogens is 430 g/mol. The average molecular weight is 460 g/mol. The number of carbonyl (C=O) groups is 2. The van der Waals surface area contributed by atoms with Crippen LogP contribution in [0.2, 0.25) is 0 Å². The van der Waals surface area contributed by atoms with E-state index in [1.165, 1.54) is 10.6 Å². The van der Waals surface area contributed by atoms with Gasteiger partial charge in [0.1, 0.15) is 6.04 Å². The summed E-state index contributed by atoms with van der Waals surface area (Å²) in [6.07, 6.45) is 6.54. The van der Waals surface area contributed by atoms with Crippen LogP contribution in [0, 0.1) is 0 Å². The van der Waals surface area contributed by atoms with Crippen LogP contribution in [0.15, 0.2) is 52.0 Å². The molecule has 1 atom stereocenters. The smallest absolute Gasteiger partial charge is 0.290 e. The number of carbonyl (C=O) groups excluding carboxylic acids is 2. The summed E-state index contributed by atoms with van der Waals surface area (Å²) in [6.45, 7) is 1.79. The fourth-order valence-electron chi connectivity index (χ4n) is 4.37. The SMILES string of the molecule is O=C(NCc1cccc(S(=O)(=O)N2CCCCC2)c1)C1CCCCN1C(=O)c1ccco1. The third-order valence-electron chi connectivity index (χ3n) is 6.12. The van der Waals surface area contributed by atoms with E-state index < -0.39 is 16.1 Å². The average Bonchev–Trinajstić information content (AvgIpc) is 3.38. The predicted octanol–water partition coefficient (Wildman–Crippen LogP) is 2.77. The van der Waals surface area contributed by atoms with Crippen LogP contribution in [0.25, 0.3) is 0 Å². The zero-order valence-corrected chi connectivity index (χ0v) is 18.9. The van der Waals surface area contributed by atoms with Crippen molar-refractivity contribution < 1.29 is 22.4 Å². The van der Waals surface area contributed by atoms with E-state index in [0.717, 1.165) is 32.1 Å². The Morgan fingerprint density at radius 3 is 2.53 bits per heavy atom. The normalized spacial score (nSPS) is 20.1. The number of nitrogens with zero attached hydrogens (tertiary/aromatic N) is 2. The first-order valence-corrected chi connectivity index (χ1v) is 12.6. The lowest BCUT2D eigenvalue weighted by Gasteiger charge is -2.34. The molecule has 2 amide bonds. The zero-order chi connectivity index (χ0) is 22.6. The molecule has 2 fully saturated rings. The summed E-state index contributed by atoms with van der Waals surface area (Å²) in [6, 6.07) is 9.39. The molecule has 1 aromatic carbocycles. The minimum atomic E-state index is -3.53. The first-order valence-electron chi connectivity index (χ1n) is 11.2. The van der Waals surface area contributed by atoms with Gasteiger partial charge >= 0.3 is 0 Å². The Labute approximate surface area is 188 Å². The van der Waals surface area contributed by atoms with Gasteiger partial charge in [0, 0.05) is 26.2 Å². The summed E-state index contributed by atoms with van der Waals surface area (Å²) in [7, 11) is -3.53. The van der Waals surface area contributed by atoms with Crippen LogP contribution in [-0.2, 0) is 21.4 Å². The van der Waals surface area contributed by atoms with E-state index in [4.69, 9.17) is 4.42 Å². The van der Waals surface area contributed by atoms with Crippen molar-refractivity contribution in [2.45, 2.75) is 56.0 Å². The third-order valence-corrected chi connectivity index (χ3v) is 8.01. The maximum absolute atomic E-state index is 12.9. The number of nitrogens with one attached hydrogen (secondary N) is 1. The van der Waals surface area contributed by atoms with Crippen molar-refractivity contribution in [3.63, 3.8) is 0 Å². The second kappa shape index (κ2) is 9.87. The highest BCUT2D eigenvalue weighted by molar-refractivity contribution is 7.89. The molecular formula is C23H29N3O5S. The molecule has 172 valence electrons. The molecule has 8 nitrogen and oxygen atoms in total. The summed E-state index contributed by atoms with van der Waals surface area (Å²) in [5, 5.41) is 2.89. The molecule has 3 heterocycles. The number of piperidine rings is 2. The van der Waals surface area contributed by atoms with Crippen LogP contribution in [-0.4, -0.2) is 55.1 Å². The van der Waals surface area contributed by atoms with Crippen molar-refractivity contribution in [3.8, 4) is 0 Å². The highest BCUT2D eigenvalue weighted by Crippen LogP contribution is 2.22. The molecule has 0 bridgehead atoms. The zero-order valence-electron chi connectivity index (χ0n) is 18.0. The van der Waals surface area contributed by atoms with Crippen molar-refractivity contribution in [2.24, 2.45) is 0 Å². The quantitative estimate of drug-likeness (QED) is 0.716. The van der Waals surface area contributed by atoms with Gasteiger partial charge in [-0.05, 0) is 61.9 Å². The number of amides is 2. The van der Waals surface area contributed by atoms with Crippen LogP contribution in [0.4, 0.5) is 0 Å². The van der Waals surface area contributed by atoms with E-state index in [1.54, 1.807) is 41.3 Å². The van der Waals surface area contributed by atoms with Crippen LogP contribution in [0.3, 0.4) is 0 Å². The second-order valence-corrected chi connectivity index (χ2v) is 10.3. The molecule has 0 saturated carbocycles. The van der Waals surface area contributed by atoms with Gasteiger partial charge in [0.2, 0.25) is 15.9 Å². The molecule has 1 unspecified atom stereocenters. The molecule has 0 spiro atoms. The van der Waals surface area contributed by atoms with Crippen molar-refractivity contribution >= 4 is 21.8 Å². The maximum atomic E-state index is 12.9. The van der Waals surface area contributed by atoms with Crippen LogP contribution >= 0.6 is 0 Å².